The standard InChI is InChI=1S/C12H17N3OS/c1-10-3-7-15(8-4-10)11(16)9-17-12-13-5-2-6-14-12/h2,5-6,10H,3-4,7-9H2,1H3. The number of thioether (sulfide) groups is 1. The van der Waals surface area contributed by atoms with E-state index in [9.17, 15) is 4.79 Å². The Morgan fingerprint density at radius 3 is 2.71 bits per heavy atom. The first-order valence-electron chi connectivity index (χ1n) is 5.93. The van der Waals surface area contributed by atoms with E-state index in [4.69, 9.17) is 0 Å². The van der Waals surface area contributed by atoms with Crippen molar-refractivity contribution in [2.24, 2.45) is 5.92 Å². The molecule has 1 saturated heterocycles. The van der Waals surface area contributed by atoms with Crippen molar-refractivity contribution >= 4 is 17.7 Å². The largest absolute Gasteiger partial charge is 0.342 e. The number of carbonyl (C=O) groups excluding carboxylic acids is 1. The molecule has 0 aliphatic carbocycles. The van der Waals surface area contributed by atoms with Crippen molar-refractivity contribution in [2.75, 3.05) is 18.8 Å². The molecule has 0 saturated carbocycles. The molecule has 0 radical (unpaired) electrons. The van der Waals surface area contributed by atoms with E-state index in [1.165, 1.54) is 11.8 Å². The summed E-state index contributed by atoms with van der Waals surface area (Å²) in [6, 6.07) is 1.78. The molecule has 17 heavy (non-hydrogen) atoms. The lowest BCUT2D eigenvalue weighted by Gasteiger charge is -2.30. The topological polar surface area (TPSA) is 46.1 Å². The predicted molar refractivity (Wildman–Crippen MR) is 67.7 cm³/mol. The van der Waals surface area contributed by atoms with Crippen LogP contribution in [0.5, 0.6) is 0 Å². The molecule has 2 heterocycles. The van der Waals surface area contributed by atoms with Crippen molar-refractivity contribution in [2.45, 2.75) is 24.9 Å². The molecule has 0 N–H and O–H groups in total. The highest BCUT2D eigenvalue weighted by atomic mass is 32.2. The Kier molecular flexibility index (Phi) is 4.36. The highest BCUT2D eigenvalue weighted by Crippen LogP contribution is 2.18. The smallest absolute Gasteiger partial charge is 0.233 e. The monoisotopic (exact) mass is 251 g/mol. The SMILES string of the molecule is CC1CCN(C(=O)CSc2ncccn2)CC1. The van der Waals surface area contributed by atoms with Crippen molar-refractivity contribution in [1.82, 2.24) is 14.9 Å². The van der Waals surface area contributed by atoms with Crippen LogP contribution in [0.4, 0.5) is 0 Å². The summed E-state index contributed by atoms with van der Waals surface area (Å²) in [6.07, 6.45) is 5.64. The normalized spacial score (nSPS) is 17.1. The second kappa shape index (κ2) is 6.00. The Bertz CT molecular complexity index is 363. The van der Waals surface area contributed by atoms with Gasteiger partial charge in [0, 0.05) is 25.5 Å². The van der Waals surface area contributed by atoms with Crippen molar-refractivity contribution in [3.8, 4) is 0 Å². The van der Waals surface area contributed by atoms with E-state index >= 15 is 0 Å². The quantitative estimate of drug-likeness (QED) is 0.607. The molecule has 4 nitrogen and oxygen atoms in total. The molecule has 0 aromatic carbocycles. The number of nitrogens with zero attached hydrogens (tertiary/aromatic N) is 3. The highest BCUT2D eigenvalue weighted by molar-refractivity contribution is 7.99. The molecule has 5 heteroatoms. The van der Waals surface area contributed by atoms with Gasteiger partial charge in [-0.3, -0.25) is 4.79 Å². The van der Waals surface area contributed by atoms with E-state index in [1.807, 2.05) is 4.90 Å². The number of hydrogen-bond donors (Lipinski definition) is 0. The highest BCUT2D eigenvalue weighted by Gasteiger charge is 2.20. The van der Waals surface area contributed by atoms with Crippen LogP contribution in [0, 0.1) is 5.92 Å². The first-order chi connectivity index (χ1) is 8.25. The molecule has 92 valence electrons. The Labute approximate surface area is 106 Å². The molecule has 2 rings (SSSR count). The summed E-state index contributed by atoms with van der Waals surface area (Å²) < 4.78 is 0. The van der Waals surface area contributed by atoms with Crippen molar-refractivity contribution in [3.05, 3.63) is 18.5 Å². The van der Waals surface area contributed by atoms with Crippen LogP contribution in [0.3, 0.4) is 0 Å². The van der Waals surface area contributed by atoms with Crippen LogP contribution in [0.25, 0.3) is 0 Å². The summed E-state index contributed by atoms with van der Waals surface area (Å²) in [6.45, 7) is 4.04. The lowest BCUT2D eigenvalue weighted by molar-refractivity contribution is -0.129. The lowest BCUT2D eigenvalue weighted by atomic mass is 9.99. The molecule has 0 bridgehead atoms. The Hall–Kier alpha value is -1.10. The Balaban J connectivity index is 1.78. The van der Waals surface area contributed by atoms with Crippen LogP contribution < -0.4 is 0 Å². The van der Waals surface area contributed by atoms with Gasteiger partial charge < -0.3 is 4.90 Å². The van der Waals surface area contributed by atoms with Gasteiger partial charge in [0.2, 0.25) is 5.91 Å². The van der Waals surface area contributed by atoms with Gasteiger partial charge in [0.1, 0.15) is 0 Å². The van der Waals surface area contributed by atoms with E-state index in [0.717, 1.165) is 31.8 Å². The van der Waals surface area contributed by atoms with Gasteiger partial charge in [-0.15, -0.1) is 0 Å². The van der Waals surface area contributed by atoms with Gasteiger partial charge in [-0.05, 0) is 24.8 Å². The summed E-state index contributed by atoms with van der Waals surface area (Å²) in [4.78, 5) is 22.1. The third-order valence-electron chi connectivity index (χ3n) is 3.00. The van der Waals surface area contributed by atoms with Gasteiger partial charge in [-0.2, -0.15) is 0 Å². The maximum absolute atomic E-state index is 11.9. The van der Waals surface area contributed by atoms with Gasteiger partial charge >= 0.3 is 0 Å². The number of carbonyl (C=O) groups is 1. The fraction of sp³-hybridized carbons (Fsp3) is 0.583. The van der Waals surface area contributed by atoms with Crippen LogP contribution in [-0.2, 0) is 4.79 Å². The maximum atomic E-state index is 11.9. The second-order valence-electron chi connectivity index (χ2n) is 4.38. The summed E-state index contributed by atoms with van der Waals surface area (Å²) in [5, 5.41) is 0.672. The number of amides is 1. The molecular formula is C12H17N3OS. The molecule has 1 amide bonds. The van der Waals surface area contributed by atoms with E-state index in [0.29, 0.717) is 10.9 Å². The molecule has 0 unspecified atom stereocenters. The Morgan fingerprint density at radius 2 is 2.06 bits per heavy atom. The third kappa shape index (κ3) is 3.70. The van der Waals surface area contributed by atoms with E-state index in [2.05, 4.69) is 16.9 Å². The number of rotatable bonds is 3. The zero-order valence-electron chi connectivity index (χ0n) is 10.0. The average Bonchev–Trinajstić information content (AvgIpc) is 2.38. The Morgan fingerprint density at radius 1 is 1.41 bits per heavy atom. The zero-order valence-corrected chi connectivity index (χ0v) is 10.8. The molecule has 1 aromatic heterocycles. The molecule has 0 atom stereocenters. The average molecular weight is 251 g/mol. The van der Waals surface area contributed by atoms with Gasteiger partial charge in [0.25, 0.3) is 0 Å². The lowest BCUT2D eigenvalue weighted by Crippen LogP contribution is -2.38. The minimum Gasteiger partial charge on any atom is -0.342 e. The third-order valence-corrected chi connectivity index (χ3v) is 3.86. The summed E-state index contributed by atoms with van der Waals surface area (Å²) in [5.41, 5.74) is 0. The molecule has 1 aliphatic heterocycles. The van der Waals surface area contributed by atoms with Gasteiger partial charge in [-0.25, -0.2) is 9.97 Å². The molecule has 1 fully saturated rings. The summed E-state index contributed by atoms with van der Waals surface area (Å²) >= 11 is 1.41. The van der Waals surface area contributed by atoms with Crippen molar-refractivity contribution in [3.63, 3.8) is 0 Å². The van der Waals surface area contributed by atoms with Crippen LogP contribution in [0.2, 0.25) is 0 Å². The predicted octanol–water partition coefficient (Wildman–Crippen LogP) is 1.83. The van der Waals surface area contributed by atoms with E-state index in [1.54, 1.807) is 18.5 Å². The second-order valence-corrected chi connectivity index (χ2v) is 5.33. The van der Waals surface area contributed by atoms with Gasteiger partial charge in [-0.1, -0.05) is 18.7 Å². The van der Waals surface area contributed by atoms with Gasteiger partial charge in [0.15, 0.2) is 5.16 Å². The first-order valence-corrected chi connectivity index (χ1v) is 6.92. The molecule has 1 aliphatic rings. The van der Waals surface area contributed by atoms with E-state index in [-0.39, 0.29) is 5.91 Å². The minimum atomic E-state index is 0.203. The van der Waals surface area contributed by atoms with Crippen molar-refractivity contribution in [1.29, 1.82) is 0 Å². The number of likely N-dealkylation sites (tertiary alicyclic amines) is 1. The summed E-state index contributed by atoms with van der Waals surface area (Å²) in [5.74, 6) is 1.40. The summed E-state index contributed by atoms with van der Waals surface area (Å²) in [7, 11) is 0. The van der Waals surface area contributed by atoms with Crippen LogP contribution in [0.1, 0.15) is 19.8 Å². The first kappa shape index (κ1) is 12.4. The molecule has 0 spiro atoms. The number of hydrogen-bond acceptors (Lipinski definition) is 4. The molecular weight excluding hydrogens is 234 g/mol. The fourth-order valence-electron chi connectivity index (χ4n) is 1.84. The number of aromatic nitrogens is 2. The van der Waals surface area contributed by atoms with Crippen LogP contribution >= 0.6 is 11.8 Å². The zero-order chi connectivity index (χ0) is 12.1. The minimum absolute atomic E-state index is 0.203. The van der Waals surface area contributed by atoms with E-state index < -0.39 is 0 Å². The maximum Gasteiger partial charge on any atom is 0.233 e. The van der Waals surface area contributed by atoms with Crippen molar-refractivity contribution < 1.29 is 4.79 Å². The molecule has 1 aromatic rings. The van der Waals surface area contributed by atoms with Crippen LogP contribution in [0.15, 0.2) is 23.6 Å². The number of piperidine rings is 1. The van der Waals surface area contributed by atoms with Crippen LogP contribution in [-0.4, -0.2) is 39.6 Å². The van der Waals surface area contributed by atoms with Gasteiger partial charge in [0.05, 0.1) is 5.75 Å². The fourth-order valence-corrected chi connectivity index (χ4v) is 2.54.